The minimum absolute atomic E-state index is 0.0402. The molecule has 6 nitrogen and oxygen atoms in total. The predicted octanol–water partition coefficient (Wildman–Crippen LogP) is 7.74. The number of amides is 1. The van der Waals surface area contributed by atoms with Gasteiger partial charge in [0.25, 0.3) is 0 Å². The van der Waals surface area contributed by atoms with Crippen molar-refractivity contribution >= 4 is 23.5 Å². The van der Waals surface area contributed by atoms with Crippen LogP contribution in [-0.4, -0.2) is 42.2 Å². The van der Waals surface area contributed by atoms with E-state index in [0.717, 1.165) is 19.5 Å². The topological polar surface area (TPSA) is 54.9 Å². The number of aromatic nitrogens is 1. The van der Waals surface area contributed by atoms with Gasteiger partial charge in [0.05, 0.1) is 36.5 Å². The zero-order valence-electron chi connectivity index (χ0n) is 21.8. The fourth-order valence-electron chi connectivity index (χ4n) is 4.93. The van der Waals surface area contributed by atoms with Crippen molar-refractivity contribution in [3.63, 3.8) is 0 Å². The second kappa shape index (κ2) is 10.6. The number of hydrogen-bond donors (Lipinski definition) is 0. The zero-order valence-corrected chi connectivity index (χ0v) is 22.6. The molecule has 2 saturated heterocycles. The number of halogens is 7. The summed E-state index contributed by atoms with van der Waals surface area (Å²) in [5, 5.41) is 0.428. The van der Waals surface area contributed by atoms with E-state index in [2.05, 4.69) is 0 Å². The van der Waals surface area contributed by atoms with Gasteiger partial charge in [0, 0.05) is 29.2 Å². The molecule has 0 bridgehead atoms. The monoisotopic (exact) mass is 599 g/mol. The smallest absolute Gasteiger partial charge is 0.416 e. The average molecular weight is 600 g/mol. The van der Waals surface area contributed by atoms with Crippen LogP contribution in [0.15, 0.2) is 48.5 Å². The van der Waals surface area contributed by atoms with Crippen LogP contribution in [0, 0.1) is 0 Å². The summed E-state index contributed by atoms with van der Waals surface area (Å²) in [7, 11) is 1.49. The van der Waals surface area contributed by atoms with Crippen LogP contribution in [-0.2, 0) is 23.6 Å². The molecule has 2 atom stereocenters. The van der Waals surface area contributed by atoms with Crippen molar-refractivity contribution in [2.75, 3.05) is 25.1 Å². The first-order valence-electron chi connectivity index (χ1n) is 12.6. The Morgan fingerprint density at radius 3 is 2.20 bits per heavy atom. The number of alkyl halides is 6. The Morgan fingerprint density at radius 2 is 1.63 bits per heavy atom. The summed E-state index contributed by atoms with van der Waals surface area (Å²) in [6.45, 7) is 2.97. The molecular weight excluding hydrogens is 576 g/mol. The van der Waals surface area contributed by atoms with Gasteiger partial charge in [-0.1, -0.05) is 11.6 Å². The molecule has 41 heavy (non-hydrogen) atoms. The summed E-state index contributed by atoms with van der Waals surface area (Å²) in [5.41, 5.74) is -1.75. The Hall–Kier alpha value is -3.67. The number of methoxy groups -OCH3 is 1. The number of cyclic esters (lactones) is 1. The maximum Gasteiger partial charge on any atom is 0.416 e. The van der Waals surface area contributed by atoms with Crippen LogP contribution in [0.3, 0.4) is 0 Å². The molecule has 2 fully saturated rings. The number of rotatable bonds is 6. The summed E-state index contributed by atoms with van der Waals surface area (Å²) < 4.78 is 91.7. The van der Waals surface area contributed by atoms with Crippen molar-refractivity contribution in [3.05, 3.63) is 75.9 Å². The summed E-state index contributed by atoms with van der Waals surface area (Å²) in [5.74, 6) is 1.16. The highest BCUT2D eigenvalue weighted by Crippen LogP contribution is 2.42. The summed E-state index contributed by atoms with van der Waals surface area (Å²) in [6.07, 6.45) is -11.3. The van der Waals surface area contributed by atoms with Gasteiger partial charge in [-0.3, -0.25) is 4.90 Å². The Balaban J connectivity index is 1.53. The minimum atomic E-state index is -5.03. The van der Waals surface area contributed by atoms with E-state index in [1.165, 1.54) is 18.9 Å². The first-order valence-corrected chi connectivity index (χ1v) is 13.0. The number of pyridine rings is 1. The molecule has 0 radical (unpaired) electrons. The van der Waals surface area contributed by atoms with Gasteiger partial charge in [0.2, 0.25) is 0 Å². The fraction of sp³-hybridized carbons (Fsp3) is 0.357. The summed E-state index contributed by atoms with van der Waals surface area (Å²) >= 11 is 6.25. The van der Waals surface area contributed by atoms with Crippen LogP contribution < -0.4 is 9.64 Å². The van der Waals surface area contributed by atoms with Crippen LogP contribution in [0.4, 0.5) is 37.0 Å². The first-order chi connectivity index (χ1) is 19.3. The molecular formula is C28H24ClF6N3O3. The largest absolute Gasteiger partial charge is 0.496 e. The molecule has 3 heterocycles. The highest BCUT2D eigenvalue weighted by atomic mass is 35.5. The van der Waals surface area contributed by atoms with Gasteiger partial charge in [-0.2, -0.15) is 26.3 Å². The van der Waals surface area contributed by atoms with Crippen LogP contribution in [0.1, 0.15) is 41.8 Å². The quantitative estimate of drug-likeness (QED) is 0.271. The van der Waals surface area contributed by atoms with Gasteiger partial charge < -0.3 is 14.4 Å². The minimum Gasteiger partial charge on any atom is -0.496 e. The third-order valence-corrected chi connectivity index (χ3v) is 7.48. The van der Waals surface area contributed by atoms with Gasteiger partial charge in [-0.15, -0.1) is 0 Å². The lowest BCUT2D eigenvalue weighted by Crippen LogP contribution is -2.38. The molecule has 1 unspecified atom stereocenters. The maximum absolute atomic E-state index is 13.5. The number of carbonyl (C=O) groups excluding carboxylic acids is 1. The molecule has 1 aromatic heterocycles. The fourth-order valence-corrected chi connectivity index (χ4v) is 5.10. The van der Waals surface area contributed by atoms with E-state index >= 15 is 0 Å². The Kier molecular flexibility index (Phi) is 7.47. The second-order valence-corrected chi connectivity index (χ2v) is 10.3. The van der Waals surface area contributed by atoms with E-state index in [4.69, 9.17) is 26.1 Å². The Labute approximate surface area is 236 Å². The maximum atomic E-state index is 13.5. The normalized spacial score (nSPS) is 19.3. The Bertz CT molecular complexity index is 1440. The standard InChI is InChI=1S/C28H24ClF6N3O3/c1-15-25(16-10-17(27(30,31)32)12-18(11-16)28(33,34)35)41-26(39)38(15)14-22-20(5-7-24(36-22)37-8-3-9-37)21-13-19(29)4-6-23(21)40-2/h4-7,10-13,15,25H,3,8-9,14H2,1-2H3/t15-,25?/m0/s1. The number of ether oxygens (including phenoxy) is 2. The van der Waals surface area contributed by atoms with Crippen molar-refractivity contribution in [1.82, 2.24) is 9.88 Å². The Morgan fingerprint density at radius 1 is 0.976 bits per heavy atom. The zero-order chi connectivity index (χ0) is 29.7. The van der Waals surface area contributed by atoms with E-state index in [0.29, 0.717) is 45.5 Å². The first kappa shape index (κ1) is 28.8. The molecule has 2 aromatic carbocycles. The van der Waals surface area contributed by atoms with Gasteiger partial charge in [0.1, 0.15) is 17.7 Å². The molecule has 1 amide bonds. The lowest BCUT2D eigenvalue weighted by molar-refractivity contribution is -0.143. The molecule has 0 saturated carbocycles. The summed E-state index contributed by atoms with van der Waals surface area (Å²) in [6, 6.07) is 8.94. The van der Waals surface area contributed by atoms with Gasteiger partial charge in [0.15, 0.2) is 0 Å². The number of benzene rings is 2. The lowest BCUT2D eigenvalue weighted by Gasteiger charge is -2.33. The van der Waals surface area contributed by atoms with Gasteiger partial charge >= 0.3 is 18.4 Å². The van der Waals surface area contributed by atoms with E-state index in [1.54, 1.807) is 18.2 Å². The van der Waals surface area contributed by atoms with Crippen LogP contribution in [0.2, 0.25) is 5.02 Å². The SMILES string of the molecule is COc1ccc(Cl)cc1-c1ccc(N2CCC2)nc1CN1C(=O)OC(c2cc(C(F)(F)F)cc(C(F)(F)F)c2)[C@@H]1C. The van der Waals surface area contributed by atoms with Crippen LogP contribution in [0.5, 0.6) is 5.75 Å². The lowest BCUT2D eigenvalue weighted by atomic mass is 9.97. The van der Waals surface area contributed by atoms with Crippen molar-refractivity contribution in [2.45, 2.75) is 44.4 Å². The summed E-state index contributed by atoms with van der Waals surface area (Å²) in [4.78, 5) is 21.1. The van der Waals surface area contributed by atoms with Crippen molar-refractivity contribution in [2.24, 2.45) is 0 Å². The third kappa shape index (κ3) is 5.74. The molecule has 2 aliphatic heterocycles. The number of hydrogen-bond acceptors (Lipinski definition) is 5. The predicted molar refractivity (Wildman–Crippen MR) is 139 cm³/mol. The second-order valence-electron chi connectivity index (χ2n) is 9.86. The molecule has 13 heteroatoms. The molecule has 0 spiro atoms. The van der Waals surface area contributed by atoms with Crippen molar-refractivity contribution in [3.8, 4) is 16.9 Å². The van der Waals surface area contributed by atoms with E-state index < -0.39 is 47.3 Å². The molecule has 0 aliphatic carbocycles. The number of nitrogens with zero attached hydrogens (tertiary/aromatic N) is 3. The van der Waals surface area contributed by atoms with Crippen molar-refractivity contribution in [1.29, 1.82) is 0 Å². The van der Waals surface area contributed by atoms with Crippen LogP contribution in [0.25, 0.3) is 11.1 Å². The highest BCUT2D eigenvalue weighted by Gasteiger charge is 2.43. The van der Waals surface area contributed by atoms with Crippen LogP contribution >= 0.6 is 11.6 Å². The average Bonchev–Trinajstić information content (AvgIpc) is 3.15. The molecule has 0 N–H and O–H groups in total. The van der Waals surface area contributed by atoms with E-state index in [-0.39, 0.29) is 12.6 Å². The molecule has 5 rings (SSSR count). The number of anilines is 1. The van der Waals surface area contributed by atoms with E-state index in [9.17, 15) is 31.1 Å². The molecule has 218 valence electrons. The van der Waals surface area contributed by atoms with E-state index in [1.807, 2.05) is 17.0 Å². The molecule has 3 aromatic rings. The number of carbonyl (C=O) groups is 1. The van der Waals surface area contributed by atoms with Gasteiger partial charge in [-0.05, 0) is 67.4 Å². The van der Waals surface area contributed by atoms with Crippen molar-refractivity contribution < 1.29 is 40.6 Å². The third-order valence-electron chi connectivity index (χ3n) is 7.24. The molecule has 2 aliphatic rings. The highest BCUT2D eigenvalue weighted by molar-refractivity contribution is 6.31. The van der Waals surface area contributed by atoms with Gasteiger partial charge in [-0.25, -0.2) is 9.78 Å².